The Labute approximate surface area is 255 Å². The van der Waals surface area contributed by atoms with E-state index in [0.717, 1.165) is 46.7 Å². The number of allylic oxidation sites excluding steroid dienone is 4. The van der Waals surface area contributed by atoms with E-state index in [2.05, 4.69) is 113 Å². The first-order chi connectivity index (χ1) is 21.0. The highest BCUT2D eigenvalue weighted by molar-refractivity contribution is 5.92. The zero-order valence-corrected chi connectivity index (χ0v) is 25.2. The second kappa shape index (κ2) is 14.5. The monoisotopic (exact) mass is 575 g/mol. The van der Waals surface area contributed by atoms with E-state index in [1.165, 1.54) is 5.57 Å². The number of aliphatic imine (C=N–C) groups is 1. The summed E-state index contributed by atoms with van der Waals surface area (Å²) < 4.78 is 10.9. The molecule has 0 radical (unpaired) electrons. The minimum Gasteiger partial charge on any atom is -0.473 e. The number of hydrogen-bond acceptors (Lipinski definition) is 7. The SMILES string of the molecule is C=C1/C=C\C=C/COC(/C=C/c2ccc(C3NC(C4=CCC(N(C)C)C=C4)=C(c4ccc(NCCOC)cc4)N3)cc2)=N\1. The second-order valence-electron chi connectivity index (χ2n) is 10.8. The van der Waals surface area contributed by atoms with E-state index in [0.29, 0.717) is 30.9 Å². The lowest BCUT2D eigenvalue weighted by molar-refractivity contribution is 0.211. The van der Waals surface area contributed by atoms with Crippen molar-refractivity contribution < 1.29 is 9.47 Å². The molecule has 2 heterocycles. The van der Waals surface area contributed by atoms with E-state index in [9.17, 15) is 0 Å². The van der Waals surface area contributed by atoms with E-state index >= 15 is 0 Å². The van der Waals surface area contributed by atoms with Crippen LogP contribution in [-0.4, -0.2) is 57.8 Å². The molecule has 0 bridgehead atoms. The van der Waals surface area contributed by atoms with Gasteiger partial charge in [-0.15, -0.1) is 0 Å². The summed E-state index contributed by atoms with van der Waals surface area (Å²) in [7, 11) is 5.96. The molecule has 43 heavy (non-hydrogen) atoms. The highest BCUT2D eigenvalue weighted by Crippen LogP contribution is 2.33. The van der Waals surface area contributed by atoms with Gasteiger partial charge in [0.1, 0.15) is 12.8 Å². The van der Waals surface area contributed by atoms with Crippen LogP contribution in [0.1, 0.15) is 29.3 Å². The second-order valence-corrected chi connectivity index (χ2v) is 10.8. The van der Waals surface area contributed by atoms with Gasteiger partial charge in [-0.2, -0.15) is 0 Å². The zero-order valence-electron chi connectivity index (χ0n) is 25.2. The van der Waals surface area contributed by atoms with Gasteiger partial charge in [-0.25, -0.2) is 4.99 Å². The summed E-state index contributed by atoms with van der Waals surface area (Å²) in [6, 6.07) is 17.5. The third kappa shape index (κ3) is 8.03. The molecule has 2 unspecified atom stereocenters. The summed E-state index contributed by atoms with van der Waals surface area (Å²) in [6.45, 7) is 5.86. The number of rotatable bonds is 10. The molecular weight excluding hydrogens is 534 g/mol. The van der Waals surface area contributed by atoms with E-state index in [-0.39, 0.29) is 6.17 Å². The summed E-state index contributed by atoms with van der Waals surface area (Å²) in [5.41, 5.74) is 8.46. The lowest BCUT2D eigenvalue weighted by Gasteiger charge is -2.23. The van der Waals surface area contributed by atoms with Crippen LogP contribution in [0.15, 0.2) is 126 Å². The summed E-state index contributed by atoms with van der Waals surface area (Å²) in [5.74, 6) is 0.535. The highest BCUT2D eigenvalue weighted by Gasteiger charge is 2.27. The number of nitrogens with one attached hydrogen (secondary N) is 3. The number of anilines is 1. The van der Waals surface area contributed by atoms with E-state index in [1.807, 2.05) is 36.5 Å². The van der Waals surface area contributed by atoms with Gasteiger partial charge in [0.05, 0.1) is 23.7 Å². The van der Waals surface area contributed by atoms with Gasteiger partial charge < -0.3 is 30.3 Å². The van der Waals surface area contributed by atoms with E-state index < -0.39 is 0 Å². The Hall–Kier alpha value is -4.59. The molecule has 3 aliphatic rings. The maximum atomic E-state index is 5.76. The van der Waals surface area contributed by atoms with Crippen molar-refractivity contribution >= 4 is 23.4 Å². The van der Waals surface area contributed by atoms with Crippen molar-refractivity contribution in [2.45, 2.75) is 18.6 Å². The predicted octanol–water partition coefficient (Wildman–Crippen LogP) is 6.19. The first-order valence-corrected chi connectivity index (χ1v) is 14.7. The van der Waals surface area contributed by atoms with E-state index in [1.54, 1.807) is 7.11 Å². The van der Waals surface area contributed by atoms with Crippen LogP contribution in [0, 0.1) is 0 Å². The number of likely N-dealkylation sites (N-methyl/N-ethyl adjacent to an activating group) is 1. The Morgan fingerprint density at radius 2 is 1.81 bits per heavy atom. The van der Waals surface area contributed by atoms with Crippen molar-refractivity contribution in [3.63, 3.8) is 0 Å². The van der Waals surface area contributed by atoms with Crippen molar-refractivity contribution in [1.82, 2.24) is 15.5 Å². The lowest BCUT2D eigenvalue weighted by Crippen LogP contribution is -2.27. The quantitative estimate of drug-likeness (QED) is 0.294. The van der Waals surface area contributed by atoms with Gasteiger partial charge in [-0.3, -0.25) is 0 Å². The maximum Gasteiger partial charge on any atom is 0.214 e. The average molecular weight is 576 g/mol. The molecule has 3 N–H and O–H groups in total. The molecule has 0 aromatic heterocycles. The van der Waals surface area contributed by atoms with Crippen LogP contribution in [0.25, 0.3) is 11.8 Å². The molecule has 0 saturated carbocycles. The number of hydrogen-bond donors (Lipinski definition) is 3. The number of nitrogens with zero attached hydrogens (tertiary/aromatic N) is 2. The van der Waals surface area contributed by atoms with Crippen molar-refractivity contribution in [2.24, 2.45) is 4.99 Å². The number of methoxy groups -OCH3 is 1. The van der Waals surface area contributed by atoms with Crippen LogP contribution in [0.2, 0.25) is 0 Å². The Bertz CT molecular complexity index is 1490. The topological polar surface area (TPSA) is 70.2 Å². The predicted molar refractivity (Wildman–Crippen MR) is 178 cm³/mol. The highest BCUT2D eigenvalue weighted by atomic mass is 16.5. The maximum absolute atomic E-state index is 5.76. The van der Waals surface area contributed by atoms with Gasteiger partial charge in [0.2, 0.25) is 5.90 Å². The Kier molecular flexibility index (Phi) is 10.1. The standard InChI is InChI=1S/C36H41N5O2/c1-26-8-6-5-7-24-43-33(38-26)22-11-27-9-12-30(13-10-27)36-39-34(28-14-18-31(19-15-28)37-23-25-42-4)35(40-36)29-16-20-32(21-17-29)41(2)3/h5-20,22,32,36-37,39-40H,1,21,23-25H2,2-4H3/b7-5-,8-6-,22-11+,38-33-. The molecule has 2 atom stereocenters. The molecule has 2 aromatic carbocycles. The first-order valence-electron chi connectivity index (χ1n) is 14.7. The molecule has 7 heteroatoms. The van der Waals surface area contributed by atoms with Gasteiger partial charge in [0, 0.05) is 31.5 Å². The molecule has 0 saturated heterocycles. The molecule has 0 fully saturated rings. The number of benzene rings is 2. The van der Waals surface area contributed by atoms with Gasteiger partial charge in [-0.1, -0.05) is 73.4 Å². The summed E-state index contributed by atoms with van der Waals surface area (Å²) in [4.78, 5) is 6.70. The van der Waals surface area contributed by atoms with Gasteiger partial charge >= 0.3 is 0 Å². The van der Waals surface area contributed by atoms with Gasteiger partial charge in [0.15, 0.2) is 0 Å². The van der Waals surface area contributed by atoms with Crippen LogP contribution >= 0.6 is 0 Å². The normalized spacial score (nSPS) is 22.9. The van der Waals surface area contributed by atoms with Crippen LogP contribution in [-0.2, 0) is 9.47 Å². The minimum absolute atomic E-state index is 0.0626. The number of ether oxygens (including phenoxy) is 2. The Balaban J connectivity index is 1.33. The summed E-state index contributed by atoms with van der Waals surface area (Å²) >= 11 is 0. The molecule has 7 nitrogen and oxygen atoms in total. The largest absolute Gasteiger partial charge is 0.473 e. The molecule has 2 aliphatic heterocycles. The molecular formula is C36H41N5O2. The fourth-order valence-corrected chi connectivity index (χ4v) is 5.02. The summed E-state index contributed by atoms with van der Waals surface area (Å²) in [6.07, 6.45) is 19.3. The molecule has 222 valence electrons. The van der Waals surface area contributed by atoms with Crippen LogP contribution in [0.4, 0.5) is 5.69 Å². The zero-order chi connectivity index (χ0) is 30.0. The van der Waals surface area contributed by atoms with Crippen molar-refractivity contribution in [1.29, 1.82) is 0 Å². The third-order valence-electron chi connectivity index (χ3n) is 7.47. The Morgan fingerprint density at radius 3 is 2.53 bits per heavy atom. The van der Waals surface area contributed by atoms with Crippen molar-refractivity contribution in [2.75, 3.05) is 46.3 Å². The fraction of sp³-hybridized carbons (Fsp3) is 0.250. The van der Waals surface area contributed by atoms with Crippen molar-refractivity contribution in [3.05, 3.63) is 137 Å². The molecule has 2 aromatic rings. The molecule has 0 amide bonds. The van der Waals surface area contributed by atoms with E-state index in [4.69, 9.17) is 9.47 Å². The average Bonchev–Trinajstić information content (AvgIpc) is 3.51. The smallest absolute Gasteiger partial charge is 0.214 e. The van der Waals surface area contributed by atoms with Crippen LogP contribution in [0.3, 0.4) is 0 Å². The fourth-order valence-electron chi connectivity index (χ4n) is 5.02. The summed E-state index contributed by atoms with van der Waals surface area (Å²) in [5, 5.41) is 10.9. The minimum atomic E-state index is -0.0626. The lowest BCUT2D eigenvalue weighted by atomic mass is 9.98. The molecule has 0 spiro atoms. The van der Waals surface area contributed by atoms with Gasteiger partial charge in [0.25, 0.3) is 0 Å². The van der Waals surface area contributed by atoms with Crippen LogP contribution < -0.4 is 16.0 Å². The van der Waals surface area contributed by atoms with Gasteiger partial charge in [-0.05, 0) is 73.1 Å². The third-order valence-corrected chi connectivity index (χ3v) is 7.47. The molecule has 5 rings (SSSR count). The molecule has 1 aliphatic carbocycles. The first kappa shape index (κ1) is 29.9. The van der Waals surface area contributed by atoms with Crippen molar-refractivity contribution in [3.8, 4) is 0 Å². The van der Waals surface area contributed by atoms with Crippen LogP contribution in [0.5, 0.6) is 0 Å². The Morgan fingerprint density at radius 1 is 1.02 bits per heavy atom.